The average molecular weight is 306 g/mol. The Balaban J connectivity index is 2.49. The molecule has 1 atom stereocenters. The molecule has 0 aromatic heterocycles. The average Bonchev–Trinajstić information content (AvgIpc) is 2.53. The van der Waals surface area contributed by atoms with Gasteiger partial charge in [0.2, 0.25) is 5.91 Å². The number of benzene rings is 1. The molecule has 4 nitrogen and oxygen atoms in total. The van der Waals surface area contributed by atoms with Gasteiger partial charge in [-0.1, -0.05) is 32.9 Å². The lowest BCUT2D eigenvalue weighted by Gasteiger charge is -2.32. The summed E-state index contributed by atoms with van der Waals surface area (Å²) in [5, 5.41) is 2.89. The molecular formula is C16H22N2O2S. The fourth-order valence-electron chi connectivity index (χ4n) is 2.45. The Labute approximate surface area is 130 Å². The summed E-state index contributed by atoms with van der Waals surface area (Å²) in [6.07, 6.45) is 2.01. The Morgan fingerprint density at radius 1 is 1.24 bits per heavy atom. The van der Waals surface area contributed by atoms with Gasteiger partial charge in [-0.15, -0.1) is 0 Å². The number of rotatable bonds is 3. The molecule has 1 N–H and O–H groups in total. The zero-order valence-corrected chi connectivity index (χ0v) is 13.8. The summed E-state index contributed by atoms with van der Waals surface area (Å²) in [7, 11) is 0. The van der Waals surface area contributed by atoms with E-state index in [0.717, 1.165) is 5.75 Å². The molecule has 0 radical (unpaired) electrons. The van der Waals surface area contributed by atoms with Crippen molar-refractivity contribution in [3.05, 3.63) is 29.8 Å². The van der Waals surface area contributed by atoms with Crippen LogP contribution in [0.1, 0.15) is 31.1 Å². The minimum absolute atomic E-state index is 0.0325. The van der Waals surface area contributed by atoms with Crippen LogP contribution in [0.15, 0.2) is 24.3 Å². The molecule has 114 valence electrons. The van der Waals surface area contributed by atoms with Gasteiger partial charge in [-0.25, -0.2) is 0 Å². The highest BCUT2D eigenvalue weighted by atomic mass is 32.2. The third kappa shape index (κ3) is 3.23. The highest BCUT2D eigenvalue weighted by molar-refractivity contribution is 7.98. The number of amides is 2. The lowest BCUT2D eigenvalue weighted by atomic mass is 9.86. The fraction of sp³-hybridized carbons (Fsp3) is 0.500. The third-order valence-electron chi connectivity index (χ3n) is 3.61. The Morgan fingerprint density at radius 3 is 2.52 bits per heavy atom. The van der Waals surface area contributed by atoms with Crippen LogP contribution in [0.5, 0.6) is 0 Å². The van der Waals surface area contributed by atoms with Gasteiger partial charge in [0.15, 0.2) is 0 Å². The highest BCUT2D eigenvalue weighted by Crippen LogP contribution is 2.29. The minimum atomic E-state index is -0.515. The van der Waals surface area contributed by atoms with E-state index in [4.69, 9.17) is 0 Å². The van der Waals surface area contributed by atoms with Crippen LogP contribution >= 0.6 is 11.8 Å². The molecule has 1 aliphatic heterocycles. The van der Waals surface area contributed by atoms with Gasteiger partial charge in [-0.2, -0.15) is 11.8 Å². The van der Waals surface area contributed by atoms with Gasteiger partial charge in [0.25, 0.3) is 5.91 Å². The first-order chi connectivity index (χ1) is 9.86. The number of hydrogen-bond acceptors (Lipinski definition) is 3. The Hall–Kier alpha value is -1.49. The number of fused-ring (bicyclic) bond motifs is 1. The van der Waals surface area contributed by atoms with E-state index in [0.29, 0.717) is 17.8 Å². The van der Waals surface area contributed by atoms with E-state index in [9.17, 15) is 9.59 Å². The number of carbonyl (C=O) groups is 2. The first-order valence-corrected chi connectivity index (χ1v) is 8.46. The number of thioether (sulfide) groups is 1. The van der Waals surface area contributed by atoms with Crippen molar-refractivity contribution >= 4 is 29.3 Å². The summed E-state index contributed by atoms with van der Waals surface area (Å²) in [6.45, 7) is 6.52. The van der Waals surface area contributed by atoms with E-state index in [1.807, 2.05) is 45.2 Å². The van der Waals surface area contributed by atoms with Crippen LogP contribution in [0, 0.1) is 5.41 Å². The molecule has 1 aliphatic rings. The normalized spacial score (nSPS) is 19.0. The Bertz CT molecular complexity index is 551. The molecule has 2 amide bonds. The second kappa shape index (κ2) is 6.10. The second-order valence-electron chi connectivity index (χ2n) is 6.27. The molecule has 0 bridgehead atoms. The van der Waals surface area contributed by atoms with Crippen LogP contribution in [0.2, 0.25) is 0 Å². The molecule has 2 rings (SSSR count). The largest absolute Gasteiger partial charge is 0.340 e. The first-order valence-electron chi connectivity index (χ1n) is 7.06. The number of hydrogen-bond donors (Lipinski definition) is 1. The van der Waals surface area contributed by atoms with Crippen molar-refractivity contribution in [2.75, 3.05) is 23.5 Å². The summed E-state index contributed by atoms with van der Waals surface area (Å²) >= 11 is 1.69. The van der Waals surface area contributed by atoms with Gasteiger partial charge < -0.3 is 10.2 Å². The van der Waals surface area contributed by atoms with Gasteiger partial charge in [-0.05, 0) is 23.8 Å². The molecule has 1 unspecified atom stereocenters. The summed E-state index contributed by atoms with van der Waals surface area (Å²) < 4.78 is 0. The molecule has 21 heavy (non-hydrogen) atoms. The van der Waals surface area contributed by atoms with Crippen molar-refractivity contribution < 1.29 is 9.59 Å². The van der Waals surface area contributed by atoms with Gasteiger partial charge in [0.05, 0.1) is 11.3 Å². The van der Waals surface area contributed by atoms with E-state index in [-0.39, 0.29) is 17.2 Å². The van der Waals surface area contributed by atoms with E-state index >= 15 is 0 Å². The van der Waals surface area contributed by atoms with Crippen molar-refractivity contribution in [3.8, 4) is 0 Å². The van der Waals surface area contributed by atoms with Crippen molar-refractivity contribution in [2.24, 2.45) is 5.41 Å². The number of anilines is 1. The highest BCUT2D eigenvalue weighted by Gasteiger charge is 2.39. The predicted molar refractivity (Wildman–Crippen MR) is 87.9 cm³/mol. The van der Waals surface area contributed by atoms with Crippen LogP contribution in [-0.4, -0.2) is 36.4 Å². The predicted octanol–water partition coefficient (Wildman–Crippen LogP) is 2.54. The zero-order valence-electron chi connectivity index (χ0n) is 13.0. The van der Waals surface area contributed by atoms with Gasteiger partial charge >= 0.3 is 0 Å². The summed E-state index contributed by atoms with van der Waals surface area (Å²) in [5.41, 5.74) is 0.950. The molecule has 5 heteroatoms. The smallest absolute Gasteiger partial charge is 0.254 e. The minimum Gasteiger partial charge on any atom is -0.340 e. The van der Waals surface area contributed by atoms with Crippen LogP contribution in [0.4, 0.5) is 5.69 Å². The molecule has 1 heterocycles. The number of nitrogens with zero attached hydrogens (tertiary/aromatic N) is 1. The number of nitrogens with one attached hydrogen (secondary N) is 1. The van der Waals surface area contributed by atoms with Crippen LogP contribution in [0.3, 0.4) is 0 Å². The second-order valence-corrected chi connectivity index (χ2v) is 7.26. The molecule has 0 aliphatic carbocycles. The van der Waals surface area contributed by atoms with Gasteiger partial charge in [-0.3, -0.25) is 9.59 Å². The summed E-state index contributed by atoms with van der Waals surface area (Å²) in [6, 6.07) is 6.79. The Morgan fingerprint density at radius 2 is 1.90 bits per heavy atom. The van der Waals surface area contributed by atoms with Crippen LogP contribution in [0.25, 0.3) is 0 Å². The third-order valence-corrected chi connectivity index (χ3v) is 4.20. The van der Waals surface area contributed by atoms with Crippen molar-refractivity contribution in [1.82, 2.24) is 5.32 Å². The molecule has 0 spiro atoms. The van der Waals surface area contributed by atoms with Gasteiger partial charge in [0, 0.05) is 12.3 Å². The number of carbonyl (C=O) groups excluding carboxylic acids is 2. The monoisotopic (exact) mass is 306 g/mol. The molecule has 0 fully saturated rings. The molecule has 0 saturated heterocycles. The SMILES string of the molecule is CSCCN1C(=O)C(C(C)(C)C)NC(=O)c2ccccc21. The topological polar surface area (TPSA) is 49.4 Å². The van der Waals surface area contributed by atoms with Crippen molar-refractivity contribution in [3.63, 3.8) is 0 Å². The van der Waals surface area contributed by atoms with Gasteiger partial charge in [0.1, 0.15) is 6.04 Å². The maximum atomic E-state index is 12.9. The summed E-state index contributed by atoms with van der Waals surface area (Å²) in [5.74, 6) is 0.630. The standard InChI is InChI=1S/C16H22N2O2S/c1-16(2,3)13-15(20)18(9-10-21-4)12-8-6-5-7-11(12)14(19)17-13/h5-8,13H,9-10H2,1-4H3,(H,17,19). The van der Waals surface area contributed by atoms with Crippen LogP contribution in [-0.2, 0) is 4.79 Å². The summed E-state index contributed by atoms with van der Waals surface area (Å²) in [4.78, 5) is 27.1. The van der Waals surface area contributed by atoms with Crippen molar-refractivity contribution in [1.29, 1.82) is 0 Å². The molecule has 1 aromatic rings. The quantitative estimate of drug-likeness (QED) is 0.933. The number of para-hydroxylation sites is 1. The maximum Gasteiger partial charge on any atom is 0.254 e. The zero-order chi connectivity index (χ0) is 15.6. The Kier molecular flexibility index (Phi) is 4.61. The lowest BCUT2D eigenvalue weighted by Crippen LogP contribution is -2.53. The maximum absolute atomic E-state index is 12.9. The van der Waals surface area contributed by atoms with E-state index < -0.39 is 6.04 Å². The van der Waals surface area contributed by atoms with E-state index in [1.54, 1.807) is 22.7 Å². The first kappa shape index (κ1) is 15.9. The molecule has 1 aromatic carbocycles. The van der Waals surface area contributed by atoms with E-state index in [1.165, 1.54) is 0 Å². The van der Waals surface area contributed by atoms with Crippen molar-refractivity contribution in [2.45, 2.75) is 26.8 Å². The van der Waals surface area contributed by atoms with E-state index in [2.05, 4.69) is 5.32 Å². The molecular weight excluding hydrogens is 284 g/mol. The van der Waals surface area contributed by atoms with Crippen LogP contribution < -0.4 is 10.2 Å². The lowest BCUT2D eigenvalue weighted by molar-refractivity contribution is -0.122. The molecule has 0 saturated carbocycles. The fourth-order valence-corrected chi connectivity index (χ4v) is 2.81.